The summed E-state index contributed by atoms with van der Waals surface area (Å²) in [7, 11) is 3.37. The Morgan fingerprint density at radius 2 is 2.29 bits per heavy atom. The fraction of sp³-hybridized carbons (Fsp3) is 0.556. The second kappa shape index (κ2) is 5.94. The molecule has 0 spiro atoms. The number of rotatable bonds is 6. The number of carboxylic acids is 1. The van der Waals surface area contributed by atoms with Gasteiger partial charge in [0, 0.05) is 13.6 Å². The quantitative estimate of drug-likeness (QED) is 0.639. The molecule has 1 rings (SSSR count). The number of aromatic nitrogens is 3. The van der Waals surface area contributed by atoms with Crippen LogP contribution in [0.2, 0.25) is 0 Å². The summed E-state index contributed by atoms with van der Waals surface area (Å²) in [5.41, 5.74) is -0.0843. The summed E-state index contributed by atoms with van der Waals surface area (Å²) >= 11 is 0. The molecule has 0 fully saturated rings. The minimum Gasteiger partial charge on any atom is -0.476 e. The average molecular weight is 241 g/mol. The van der Waals surface area contributed by atoms with Gasteiger partial charge in [0.05, 0.1) is 19.3 Å². The summed E-state index contributed by atoms with van der Waals surface area (Å²) in [5.74, 6) is -1.17. The fourth-order valence-electron chi connectivity index (χ4n) is 1.18. The maximum Gasteiger partial charge on any atom is 0.358 e. The lowest BCUT2D eigenvalue weighted by Crippen LogP contribution is -2.34. The zero-order chi connectivity index (χ0) is 12.8. The summed E-state index contributed by atoms with van der Waals surface area (Å²) in [6.45, 7) is 1.35. The first-order valence-electron chi connectivity index (χ1n) is 5.05. The zero-order valence-electron chi connectivity index (χ0n) is 9.75. The molecule has 0 aromatic carbocycles. The van der Waals surface area contributed by atoms with Crippen LogP contribution in [0.15, 0.2) is 6.20 Å². The number of amides is 1. The topological polar surface area (TPSA) is 100 Å². The Labute approximate surface area is 98.2 Å². The van der Waals surface area contributed by atoms with Crippen molar-refractivity contribution in [3.05, 3.63) is 11.9 Å². The van der Waals surface area contributed by atoms with E-state index >= 15 is 0 Å². The Hall–Kier alpha value is -1.96. The van der Waals surface area contributed by atoms with E-state index in [1.54, 1.807) is 19.0 Å². The largest absolute Gasteiger partial charge is 0.476 e. The van der Waals surface area contributed by atoms with Crippen molar-refractivity contribution >= 4 is 11.9 Å². The number of aromatic carboxylic acids is 1. The van der Waals surface area contributed by atoms with Crippen molar-refractivity contribution in [3.63, 3.8) is 0 Å². The third kappa shape index (κ3) is 4.19. The van der Waals surface area contributed by atoms with Gasteiger partial charge in [0.1, 0.15) is 0 Å². The monoisotopic (exact) mass is 241 g/mol. The van der Waals surface area contributed by atoms with Crippen molar-refractivity contribution < 1.29 is 14.7 Å². The van der Waals surface area contributed by atoms with Crippen LogP contribution in [0.3, 0.4) is 0 Å². The molecule has 1 aromatic rings. The minimum atomic E-state index is -1.10. The lowest BCUT2D eigenvalue weighted by atomic mass is 10.4. The molecular weight excluding hydrogens is 226 g/mol. The number of carbonyl (C=O) groups excluding carboxylic acids is 1. The molecule has 0 saturated heterocycles. The molecule has 0 aliphatic carbocycles. The smallest absolute Gasteiger partial charge is 0.358 e. The van der Waals surface area contributed by atoms with Gasteiger partial charge in [-0.1, -0.05) is 5.21 Å². The Bertz CT molecular complexity index is 403. The van der Waals surface area contributed by atoms with Gasteiger partial charge >= 0.3 is 5.97 Å². The Morgan fingerprint density at radius 1 is 1.59 bits per heavy atom. The molecule has 0 aliphatic rings. The SMILES string of the molecule is CNC(=O)CN(C)CCn1cc(C(=O)O)nn1. The number of nitrogens with one attached hydrogen (secondary N) is 1. The highest BCUT2D eigenvalue weighted by molar-refractivity contribution is 5.84. The van der Waals surface area contributed by atoms with Gasteiger partial charge < -0.3 is 10.4 Å². The highest BCUT2D eigenvalue weighted by Crippen LogP contribution is 1.93. The normalized spacial score (nSPS) is 10.5. The van der Waals surface area contributed by atoms with E-state index in [0.29, 0.717) is 13.1 Å². The van der Waals surface area contributed by atoms with Crippen molar-refractivity contribution in [1.29, 1.82) is 0 Å². The molecule has 0 atom stereocenters. The third-order valence-electron chi connectivity index (χ3n) is 2.16. The van der Waals surface area contributed by atoms with E-state index in [1.807, 2.05) is 0 Å². The van der Waals surface area contributed by atoms with Crippen LogP contribution >= 0.6 is 0 Å². The Balaban J connectivity index is 2.39. The first-order valence-corrected chi connectivity index (χ1v) is 5.05. The molecule has 94 valence electrons. The van der Waals surface area contributed by atoms with Gasteiger partial charge in [0.15, 0.2) is 5.69 Å². The van der Waals surface area contributed by atoms with Crippen molar-refractivity contribution in [2.45, 2.75) is 6.54 Å². The van der Waals surface area contributed by atoms with Gasteiger partial charge in [0.2, 0.25) is 5.91 Å². The highest BCUT2D eigenvalue weighted by Gasteiger charge is 2.09. The van der Waals surface area contributed by atoms with Crippen molar-refractivity contribution in [3.8, 4) is 0 Å². The molecule has 0 aliphatic heterocycles. The van der Waals surface area contributed by atoms with Crippen molar-refractivity contribution in [1.82, 2.24) is 25.2 Å². The van der Waals surface area contributed by atoms with E-state index in [4.69, 9.17) is 5.11 Å². The van der Waals surface area contributed by atoms with Crippen LogP contribution in [0.25, 0.3) is 0 Å². The van der Waals surface area contributed by atoms with Crippen LogP contribution < -0.4 is 5.32 Å². The maximum absolute atomic E-state index is 11.1. The predicted octanol–water partition coefficient (Wildman–Crippen LogP) is -1.35. The fourth-order valence-corrected chi connectivity index (χ4v) is 1.18. The summed E-state index contributed by atoms with van der Waals surface area (Å²) in [4.78, 5) is 23.4. The van der Waals surface area contributed by atoms with Gasteiger partial charge in [-0.2, -0.15) is 0 Å². The molecule has 2 N–H and O–H groups in total. The van der Waals surface area contributed by atoms with E-state index in [2.05, 4.69) is 15.6 Å². The number of hydrogen-bond acceptors (Lipinski definition) is 5. The predicted molar refractivity (Wildman–Crippen MR) is 58.5 cm³/mol. The van der Waals surface area contributed by atoms with Crippen LogP contribution in [0.5, 0.6) is 0 Å². The van der Waals surface area contributed by atoms with Gasteiger partial charge in [-0.15, -0.1) is 5.10 Å². The second-order valence-corrected chi connectivity index (χ2v) is 3.58. The number of carboxylic acid groups (broad SMARTS) is 1. The van der Waals surface area contributed by atoms with Crippen LogP contribution in [-0.4, -0.2) is 64.1 Å². The van der Waals surface area contributed by atoms with Gasteiger partial charge in [0.25, 0.3) is 0 Å². The molecule has 8 heteroatoms. The highest BCUT2D eigenvalue weighted by atomic mass is 16.4. The maximum atomic E-state index is 11.1. The summed E-state index contributed by atoms with van der Waals surface area (Å²) in [5, 5.41) is 18.3. The number of nitrogens with zero attached hydrogens (tertiary/aromatic N) is 4. The minimum absolute atomic E-state index is 0.0719. The van der Waals surface area contributed by atoms with E-state index in [-0.39, 0.29) is 18.1 Å². The van der Waals surface area contributed by atoms with E-state index in [9.17, 15) is 9.59 Å². The zero-order valence-corrected chi connectivity index (χ0v) is 9.75. The standard InChI is InChI=1S/C9H15N5O3/c1-10-8(15)6-13(2)3-4-14-5-7(9(16)17)11-12-14/h5H,3-4,6H2,1-2H3,(H,10,15)(H,16,17). The first kappa shape index (κ1) is 13.1. The molecule has 17 heavy (non-hydrogen) atoms. The Morgan fingerprint density at radius 3 is 2.82 bits per heavy atom. The second-order valence-electron chi connectivity index (χ2n) is 3.58. The molecule has 0 saturated carbocycles. The Kier molecular flexibility index (Phi) is 4.58. The third-order valence-corrected chi connectivity index (χ3v) is 2.16. The molecule has 0 bridgehead atoms. The van der Waals surface area contributed by atoms with E-state index in [0.717, 1.165) is 0 Å². The molecular formula is C9H15N5O3. The number of hydrogen-bond donors (Lipinski definition) is 2. The first-order chi connectivity index (χ1) is 8.02. The molecule has 1 aromatic heterocycles. The van der Waals surface area contributed by atoms with Crippen LogP contribution in [0.4, 0.5) is 0 Å². The van der Waals surface area contributed by atoms with Crippen LogP contribution in [0.1, 0.15) is 10.5 Å². The average Bonchev–Trinajstić information content (AvgIpc) is 2.75. The van der Waals surface area contributed by atoms with Gasteiger partial charge in [-0.25, -0.2) is 4.79 Å². The summed E-state index contributed by atoms with van der Waals surface area (Å²) in [6.07, 6.45) is 1.36. The van der Waals surface area contributed by atoms with Crippen LogP contribution in [0, 0.1) is 0 Å². The van der Waals surface area contributed by atoms with Gasteiger partial charge in [-0.05, 0) is 7.05 Å². The molecule has 0 radical (unpaired) electrons. The lowest BCUT2D eigenvalue weighted by Gasteiger charge is -2.14. The van der Waals surface area contributed by atoms with Crippen molar-refractivity contribution in [2.24, 2.45) is 0 Å². The van der Waals surface area contributed by atoms with Crippen molar-refractivity contribution in [2.75, 3.05) is 27.2 Å². The molecule has 1 heterocycles. The molecule has 0 unspecified atom stereocenters. The van der Waals surface area contributed by atoms with Gasteiger partial charge in [-0.3, -0.25) is 14.4 Å². The number of likely N-dealkylation sites (N-methyl/N-ethyl adjacent to an activating group) is 2. The van der Waals surface area contributed by atoms with E-state index < -0.39 is 5.97 Å². The lowest BCUT2D eigenvalue weighted by molar-refractivity contribution is -0.121. The van der Waals surface area contributed by atoms with E-state index in [1.165, 1.54) is 10.9 Å². The molecule has 8 nitrogen and oxygen atoms in total. The number of carbonyl (C=O) groups is 2. The summed E-state index contributed by atoms with van der Waals surface area (Å²) in [6, 6.07) is 0. The molecule has 1 amide bonds. The summed E-state index contributed by atoms with van der Waals surface area (Å²) < 4.78 is 1.43. The van der Waals surface area contributed by atoms with Crippen LogP contribution in [-0.2, 0) is 11.3 Å².